The first-order valence-corrected chi connectivity index (χ1v) is 12.6. The van der Waals surface area contributed by atoms with Gasteiger partial charge in [-0.05, 0) is 31.9 Å². The lowest BCUT2D eigenvalue weighted by Crippen LogP contribution is -2.50. The molecule has 1 fully saturated rings. The number of hydrogen-bond donors (Lipinski definition) is 0. The largest absolute Gasteiger partial charge is 0.380 e. The van der Waals surface area contributed by atoms with Crippen LogP contribution in [0, 0.1) is 11.7 Å². The molecule has 0 aliphatic carbocycles. The van der Waals surface area contributed by atoms with Crippen molar-refractivity contribution in [1.82, 2.24) is 4.90 Å². The van der Waals surface area contributed by atoms with Gasteiger partial charge in [0.25, 0.3) is 5.92 Å². The first-order valence-electron chi connectivity index (χ1n) is 11.4. The van der Waals surface area contributed by atoms with Gasteiger partial charge in [-0.15, -0.1) is 11.3 Å². The van der Waals surface area contributed by atoms with Crippen LogP contribution in [0.5, 0.6) is 0 Å². The molecular formula is C24H27ClF3N3O2S. The fraction of sp³-hybridized carbons (Fsp3) is 0.542. The highest BCUT2D eigenvalue weighted by Gasteiger charge is 2.51. The van der Waals surface area contributed by atoms with Gasteiger partial charge in [-0.2, -0.15) is 13.9 Å². The standard InChI is InChI=1S/C24H27ClF3N3O2S/c1-15-17(12-31(29-15)21-16(13-32-2)4-3-5-19(21)26)11-30-8-6-23(7-9-30)22-18(10-20(25)34-22)24(27,28)14-33-23/h3-5,10,17H,6-9,11-14H2,1-2H3. The molecule has 3 aliphatic rings. The summed E-state index contributed by atoms with van der Waals surface area (Å²) in [6, 6.07) is 6.36. The third kappa shape index (κ3) is 4.26. The molecule has 1 unspecified atom stereocenters. The average molecular weight is 514 g/mol. The van der Waals surface area contributed by atoms with Crippen molar-refractivity contribution in [2.45, 2.75) is 37.9 Å². The quantitative estimate of drug-likeness (QED) is 0.520. The molecule has 1 saturated heterocycles. The summed E-state index contributed by atoms with van der Waals surface area (Å²) in [6.07, 6.45) is 1.26. The van der Waals surface area contributed by atoms with E-state index in [-0.39, 0.29) is 17.3 Å². The molecule has 10 heteroatoms. The molecule has 34 heavy (non-hydrogen) atoms. The minimum absolute atomic E-state index is 0.0216. The van der Waals surface area contributed by atoms with Crippen LogP contribution in [0.4, 0.5) is 18.9 Å². The van der Waals surface area contributed by atoms with Gasteiger partial charge in [0.2, 0.25) is 0 Å². The number of likely N-dealkylation sites (tertiary alicyclic amines) is 1. The highest BCUT2D eigenvalue weighted by molar-refractivity contribution is 7.16. The molecule has 0 bridgehead atoms. The number of rotatable bonds is 5. The van der Waals surface area contributed by atoms with E-state index in [1.165, 1.54) is 23.5 Å². The fourth-order valence-electron chi connectivity index (χ4n) is 5.23. The number of alkyl halides is 2. The van der Waals surface area contributed by atoms with Crippen LogP contribution in [0.2, 0.25) is 4.34 Å². The predicted molar refractivity (Wildman–Crippen MR) is 128 cm³/mol. The second-order valence-corrected chi connectivity index (χ2v) is 11.0. The zero-order chi connectivity index (χ0) is 24.1. The number of halogens is 4. The monoisotopic (exact) mass is 513 g/mol. The van der Waals surface area contributed by atoms with Crippen molar-refractivity contribution in [2.24, 2.45) is 11.0 Å². The maximum atomic E-state index is 14.7. The van der Waals surface area contributed by atoms with E-state index in [0.717, 1.165) is 30.9 Å². The number of thiophene rings is 1. The molecule has 2 aromatic rings. The highest BCUT2D eigenvalue weighted by atomic mass is 35.5. The van der Waals surface area contributed by atoms with Gasteiger partial charge in [0.05, 0.1) is 17.5 Å². The van der Waals surface area contributed by atoms with Crippen LogP contribution in [-0.2, 0) is 27.6 Å². The van der Waals surface area contributed by atoms with E-state index in [9.17, 15) is 13.2 Å². The SMILES string of the molecule is COCc1cccc(F)c1N1CC(CN2CCC3(CC2)OCC(F)(F)c2cc(Cl)sc23)C(C)=N1. The number of methoxy groups -OCH3 is 1. The first kappa shape index (κ1) is 24.1. The Morgan fingerprint density at radius 1 is 1.29 bits per heavy atom. The Morgan fingerprint density at radius 3 is 2.79 bits per heavy atom. The normalized spacial score (nSPS) is 23.9. The van der Waals surface area contributed by atoms with Crippen LogP contribution in [0.15, 0.2) is 29.4 Å². The third-order valence-electron chi connectivity index (χ3n) is 7.07. The summed E-state index contributed by atoms with van der Waals surface area (Å²) in [5.41, 5.74) is 1.50. The Kier molecular flexibility index (Phi) is 6.44. The van der Waals surface area contributed by atoms with E-state index in [1.54, 1.807) is 18.2 Å². The van der Waals surface area contributed by atoms with E-state index in [1.807, 2.05) is 13.0 Å². The van der Waals surface area contributed by atoms with E-state index >= 15 is 0 Å². The molecule has 1 spiro atoms. The summed E-state index contributed by atoms with van der Waals surface area (Å²) in [7, 11) is 1.59. The van der Waals surface area contributed by atoms with Crippen molar-refractivity contribution in [3.05, 3.63) is 50.4 Å². The number of ether oxygens (including phenoxy) is 2. The Bertz CT molecular complexity index is 1100. The molecule has 0 N–H and O–H groups in total. The van der Waals surface area contributed by atoms with Crippen molar-refractivity contribution in [2.75, 3.05) is 44.9 Å². The molecular weight excluding hydrogens is 487 g/mol. The van der Waals surface area contributed by atoms with Crippen LogP contribution >= 0.6 is 22.9 Å². The lowest BCUT2D eigenvalue weighted by atomic mass is 9.84. The highest BCUT2D eigenvalue weighted by Crippen LogP contribution is 2.52. The Labute approximate surface area is 206 Å². The van der Waals surface area contributed by atoms with Gasteiger partial charge < -0.3 is 14.4 Å². The number of anilines is 1. The fourth-order valence-corrected chi connectivity index (χ4v) is 6.71. The topological polar surface area (TPSA) is 37.3 Å². The van der Waals surface area contributed by atoms with E-state index in [0.29, 0.717) is 40.9 Å². The molecule has 1 aromatic heterocycles. The van der Waals surface area contributed by atoms with Crippen molar-refractivity contribution >= 4 is 34.3 Å². The van der Waals surface area contributed by atoms with Gasteiger partial charge in [-0.1, -0.05) is 23.7 Å². The van der Waals surface area contributed by atoms with Gasteiger partial charge in [-0.3, -0.25) is 5.01 Å². The van der Waals surface area contributed by atoms with Crippen molar-refractivity contribution in [3.8, 4) is 0 Å². The van der Waals surface area contributed by atoms with E-state index in [2.05, 4.69) is 10.0 Å². The van der Waals surface area contributed by atoms with Crippen LogP contribution in [0.25, 0.3) is 0 Å². The first-order chi connectivity index (χ1) is 16.2. The van der Waals surface area contributed by atoms with Gasteiger partial charge in [-0.25, -0.2) is 4.39 Å². The summed E-state index contributed by atoms with van der Waals surface area (Å²) in [4.78, 5) is 2.89. The minimum Gasteiger partial charge on any atom is -0.380 e. The average Bonchev–Trinajstić information content (AvgIpc) is 3.37. The molecule has 3 aliphatic heterocycles. The van der Waals surface area contributed by atoms with Gasteiger partial charge in [0, 0.05) is 54.4 Å². The van der Waals surface area contributed by atoms with Crippen LogP contribution in [-0.4, -0.2) is 50.5 Å². The van der Waals surface area contributed by atoms with Crippen LogP contribution in [0.3, 0.4) is 0 Å². The minimum atomic E-state index is -3.00. The summed E-state index contributed by atoms with van der Waals surface area (Å²) in [6.45, 7) is 4.47. The van der Waals surface area contributed by atoms with Gasteiger partial charge >= 0.3 is 0 Å². The summed E-state index contributed by atoms with van der Waals surface area (Å²) in [5, 5.41) is 6.39. The zero-order valence-corrected chi connectivity index (χ0v) is 20.7. The molecule has 1 atom stereocenters. The van der Waals surface area contributed by atoms with Crippen molar-refractivity contribution in [1.29, 1.82) is 0 Å². The molecule has 5 rings (SSSR count). The van der Waals surface area contributed by atoms with Gasteiger partial charge in [0.15, 0.2) is 0 Å². The second-order valence-electron chi connectivity index (χ2n) is 9.28. The lowest BCUT2D eigenvalue weighted by molar-refractivity contribution is -0.181. The number of hydrogen-bond acceptors (Lipinski definition) is 6. The van der Waals surface area contributed by atoms with Crippen molar-refractivity contribution in [3.63, 3.8) is 0 Å². The number of benzene rings is 1. The Hall–Kier alpha value is -1.65. The lowest BCUT2D eigenvalue weighted by Gasteiger charge is -2.45. The molecule has 184 valence electrons. The molecule has 1 aromatic carbocycles. The number of para-hydroxylation sites is 1. The van der Waals surface area contributed by atoms with Crippen LogP contribution in [0.1, 0.15) is 35.8 Å². The molecule has 0 saturated carbocycles. The zero-order valence-electron chi connectivity index (χ0n) is 19.1. The van der Waals surface area contributed by atoms with E-state index in [4.69, 9.17) is 21.1 Å². The summed E-state index contributed by atoms with van der Waals surface area (Å²) < 4.78 is 54.8. The summed E-state index contributed by atoms with van der Waals surface area (Å²) >= 11 is 7.32. The number of piperidine rings is 1. The molecule has 4 heterocycles. The second kappa shape index (κ2) is 9.09. The van der Waals surface area contributed by atoms with Gasteiger partial charge in [0.1, 0.15) is 23.7 Å². The van der Waals surface area contributed by atoms with Crippen molar-refractivity contribution < 1.29 is 22.6 Å². The maximum Gasteiger partial charge on any atom is 0.297 e. The molecule has 0 amide bonds. The maximum absolute atomic E-state index is 14.7. The molecule has 0 radical (unpaired) electrons. The number of nitrogens with zero attached hydrogens (tertiary/aromatic N) is 3. The third-order valence-corrected chi connectivity index (χ3v) is 8.52. The Balaban J connectivity index is 1.26. The number of hydrazone groups is 1. The smallest absolute Gasteiger partial charge is 0.297 e. The summed E-state index contributed by atoms with van der Waals surface area (Å²) in [5.74, 6) is -3.17. The molecule has 5 nitrogen and oxygen atoms in total. The van der Waals surface area contributed by atoms with Crippen LogP contribution < -0.4 is 5.01 Å². The number of fused-ring (bicyclic) bond motifs is 2. The predicted octanol–water partition coefficient (Wildman–Crippen LogP) is 5.61. The van der Waals surface area contributed by atoms with E-state index < -0.39 is 18.1 Å². The Morgan fingerprint density at radius 2 is 2.06 bits per heavy atom.